The fraction of sp³-hybridized carbons (Fsp3) is 0.417. The number of alkyl halides is 3. The Bertz CT molecular complexity index is 442. The van der Waals surface area contributed by atoms with Crippen molar-refractivity contribution in [2.24, 2.45) is 5.92 Å². The lowest BCUT2D eigenvalue weighted by molar-refractivity contribution is -0.141. The third kappa shape index (κ3) is 2.48. The van der Waals surface area contributed by atoms with Crippen molar-refractivity contribution in [1.82, 2.24) is 5.32 Å². The highest BCUT2D eigenvalue weighted by molar-refractivity contribution is 5.72. The molecule has 0 bridgehead atoms. The van der Waals surface area contributed by atoms with Crippen LogP contribution in [-0.4, -0.2) is 24.2 Å². The molecule has 2 atom stereocenters. The summed E-state index contributed by atoms with van der Waals surface area (Å²) in [6, 6.07) is 4.70. The quantitative estimate of drug-likeness (QED) is 0.855. The van der Waals surface area contributed by atoms with E-state index in [1.165, 1.54) is 12.1 Å². The largest absolute Gasteiger partial charge is 0.481 e. The zero-order valence-electron chi connectivity index (χ0n) is 9.37. The maximum absolute atomic E-state index is 12.4. The van der Waals surface area contributed by atoms with Gasteiger partial charge in [0.25, 0.3) is 0 Å². The van der Waals surface area contributed by atoms with Gasteiger partial charge >= 0.3 is 12.1 Å². The second-order valence-corrected chi connectivity index (χ2v) is 4.33. The molecule has 0 amide bonds. The van der Waals surface area contributed by atoms with Crippen LogP contribution in [0.15, 0.2) is 24.3 Å². The Kier molecular flexibility index (Phi) is 3.30. The lowest BCUT2D eigenvalue weighted by atomic mass is 9.88. The highest BCUT2D eigenvalue weighted by atomic mass is 19.4. The summed E-state index contributed by atoms with van der Waals surface area (Å²) in [5.74, 6) is -1.78. The molecule has 2 unspecified atom stereocenters. The Balaban J connectivity index is 2.22. The summed E-state index contributed by atoms with van der Waals surface area (Å²) < 4.78 is 37.2. The van der Waals surface area contributed by atoms with Crippen molar-refractivity contribution in [3.05, 3.63) is 35.4 Å². The van der Waals surface area contributed by atoms with E-state index in [4.69, 9.17) is 5.11 Å². The van der Waals surface area contributed by atoms with E-state index in [2.05, 4.69) is 5.32 Å². The van der Waals surface area contributed by atoms with E-state index in [0.29, 0.717) is 18.7 Å². The first-order valence-electron chi connectivity index (χ1n) is 5.50. The fourth-order valence-corrected chi connectivity index (χ4v) is 2.21. The number of halogens is 3. The van der Waals surface area contributed by atoms with Crippen LogP contribution >= 0.6 is 0 Å². The molecule has 1 aliphatic rings. The Hall–Kier alpha value is -1.56. The topological polar surface area (TPSA) is 49.3 Å². The minimum absolute atomic E-state index is 0.273. The normalized spacial score (nSPS) is 24.2. The molecule has 1 aliphatic heterocycles. The first-order chi connectivity index (χ1) is 8.39. The van der Waals surface area contributed by atoms with Crippen LogP contribution in [0.1, 0.15) is 17.0 Å². The van der Waals surface area contributed by atoms with Crippen LogP contribution in [0.2, 0.25) is 0 Å². The van der Waals surface area contributed by atoms with Gasteiger partial charge in [0.05, 0.1) is 11.5 Å². The van der Waals surface area contributed by atoms with Crippen molar-refractivity contribution in [2.45, 2.75) is 12.1 Å². The second kappa shape index (κ2) is 4.61. The molecule has 6 heteroatoms. The number of rotatable bonds is 2. The number of nitrogens with one attached hydrogen (secondary N) is 1. The average molecular weight is 259 g/mol. The SMILES string of the molecule is O=C(O)C1CNCC1c1ccc(C(F)(F)F)cc1. The lowest BCUT2D eigenvalue weighted by Crippen LogP contribution is -2.21. The van der Waals surface area contributed by atoms with Gasteiger partial charge in [-0.1, -0.05) is 12.1 Å². The van der Waals surface area contributed by atoms with E-state index >= 15 is 0 Å². The molecule has 2 rings (SSSR count). The molecule has 1 fully saturated rings. The van der Waals surface area contributed by atoms with Crippen LogP contribution < -0.4 is 5.32 Å². The van der Waals surface area contributed by atoms with Crippen molar-refractivity contribution >= 4 is 5.97 Å². The van der Waals surface area contributed by atoms with Gasteiger partial charge in [-0.05, 0) is 17.7 Å². The highest BCUT2D eigenvalue weighted by Gasteiger charge is 2.35. The number of aliphatic carboxylic acids is 1. The summed E-state index contributed by atoms with van der Waals surface area (Å²) in [5.41, 5.74) is -0.0931. The first kappa shape index (κ1) is 12.9. The van der Waals surface area contributed by atoms with Crippen LogP contribution in [0.4, 0.5) is 13.2 Å². The van der Waals surface area contributed by atoms with Gasteiger partial charge in [-0.3, -0.25) is 4.79 Å². The van der Waals surface area contributed by atoms with Gasteiger partial charge < -0.3 is 10.4 Å². The number of hydrogen-bond acceptors (Lipinski definition) is 2. The summed E-state index contributed by atoms with van der Waals surface area (Å²) >= 11 is 0. The molecule has 0 aromatic heterocycles. The van der Waals surface area contributed by atoms with Crippen LogP contribution in [0.25, 0.3) is 0 Å². The van der Waals surface area contributed by atoms with Gasteiger partial charge in [0, 0.05) is 19.0 Å². The minimum atomic E-state index is -4.36. The molecule has 0 spiro atoms. The Labute approximate surface area is 102 Å². The van der Waals surface area contributed by atoms with E-state index in [1.807, 2.05) is 0 Å². The molecule has 18 heavy (non-hydrogen) atoms. The zero-order chi connectivity index (χ0) is 13.3. The third-order valence-corrected chi connectivity index (χ3v) is 3.20. The molecule has 1 aromatic rings. The standard InChI is InChI=1S/C12H12F3NO2/c13-12(14,15)8-3-1-7(2-4-8)9-5-16-6-10(9)11(17)18/h1-4,9-10,16H,5-6H2,(H,17,18). The van der Waals surface area contributed by atoms with Crippen molar-refractivity contribution < 1.29 is 23.1 Å². The van der Waals surface area contributed by atoms with E-state index in [9.17, 15) is 18.0 Å². The number of carboxylic acids is 1. The Morgan fingerprint density at radius 1 is 1.22 bits per heavy atom. The fourth-order valence-electron chi connectivity index (χ4n) is 2.21. The zero-order valence-corrected chi connectivity index (χ0v) is 9.37. The molecule has 1 heterocycles. The minimum Gasteiger partial charge on any atom is -0.481 e. The highest BCUT2D eigenvalue weighted by Crippen LogP contribution is 2.32. The molecular formula is C12H12F3NO2. The maximum Gasteiger partial charge on any atom is 0.416 e. The van der Waals surface area contributed by atoms with Crippen molar-refractivity contribution in [3.8, 4) is 0 Å². The molecule has 3 nitrogen and oxygen atoms in total. The maximum atomic E-state index is 12.4. The first-order valence-corrected chi connectivity index (χ1v) is 5.50. The second-order valence-electron chi connectivity index (χ2n) is 4.33. The van der Waals surface area contributed by atoms with Crippen LogP contribution in [-0.2, 0) is 11.0 Å². The van der Waals surface area contributed by atoms with Crippen LogP contribution in [0.5, 0.6) is 0 Å². The Morgan fingerprint density at radius 3 is 2.33 bits per heavy atom. The van der Waals surface area contributed by atoms with Crippen LogP contribution in [0.3, 0.4) is 0 Å². The molecule has 1 saturated heterocycles. The molecule has 0 aliphatic carbocycles. The van der Waals surface area contributed by atoms with Crippen molar-refractivity contribution in [1.29, 1.82) is 0 Å². The van der Waals surface area contributed by atoms with Gasteiger partial charge in [-0.15, -0.1) is 0 Å². The predicted molar refractivity (Wildman–Crippen MR) is 58.2 cm³/mol. The van der Waals surface area contributed by atoms with E-state index in [1.54, 1.807) is 0 Å². The molecular weight excluding hydrogens is 247 g/mol. The summed E-state index contributed by atoms with van der Waals surface area (Å²) in [7, 11) is 0. The molecule has 0 saturated carbocycles. The van der Waals surface area contributed by atoms with Gasteiger partial charge in [0.1, 0.15) is 0 Å². The summed E-state index contributed by atoms with van der Waals surface area (Å²) in [6.07, 6.45) is -4.36. The number of carboxylic acid groups (broad SMARTS) is 1. The van der Waals surface area contributed by atoms with Gasteiger partial charge in [-0.2, -0.15) is 13.2 Å². The van der Waals surface area contributed by atoms with E-state index in [-0.39, 0.29) is 5.92 Å². The van der Waals surface area contributed by atoms with Crippen molar-refractivity contribution in [2.75, 3.05) is 13.1 Å². The summed E-state index contributed by atoms with van der Waals surface area (Å²) in [6.45, 7) is 0.823. The number of benzene rings is 1. The molecule has 0 radical (unpaired) electrons. The van der Waals surface area contributed by atoms with Gasteiger partial charge in [0.15, 0.2) is 0 Å². The van der Waals surface area contributed by atoms with E-state index in [0.717, 1.165) is 12.1 Å². The third-order valence-electron chi connectivity index (χ3n) is 3.20. The van der Waals surface area contributed by atoms with E-state index < -0.39 is 23.6 Å². The molecule has 1 aromatic carbocycles. The predicted octanol–water partition coefficient (Wildman–Crippen LogP) is 2.09. The smallest absolute Gasteiger partial charge is 0.416 e. The van der Waals surface area contributed by atoms with Gasteiger partial charge in [-0.25, -0.2) is 0 Å². The molecule has 98 valence electrons. The number of carbonyl (C=O) groups is 1. The summed E-state index contributed by atoms with van der Waals surface area (Å²) in [5, 5.41) is 12.0. The number of hydrogen-bond donors (Lipinski definition) is 2. The average Bonchev–Trinajstić information content (AvgIpc) is 2.77. The lowest BCUT2D eigenvalue weighted by Gasteiger charge is -2.16. The van der Waals surface area contributed by atoms with Crippen LogP contribution in [0, 0.1) is 5.92 Å². The monoisotopic (exact) mass is 259 g/mol. The summed E-state index contributed by atoms with van der Waals surface area (Å²) in [4.78, 5) is 11.0. The Morgan fingerprint density at radius 2 is 1.83 bits per heavy atom. The van der Waals surface area contributed by atoms with Gasteiger partial charge in [0.2, 0.25) is 0 Å². The van der Waals surface area contributed by atoms with Crippen molar-refractivity contribution in [3.63, 3.8) is 0 Å². The molecule has 2 N–H and O–H groups in total.